The van der Waals surface area contributed by atoms with Crippen LogP contribution in [0.1, 0.15) is 32.6 Å². The molecule has 0 aliphatic carbocycles. The maximum absolute atomic E-state index is 11.7. The molecule has 1 aliphatic rings. The molecule has 2 N–H and O–H groups in total. The fourth-order valence-corrected chi connectivity index (χ4v) is 1.95. The summed E-state index contributed by atoms with van der Waals surface area (Å²) in [6.45, 7) is 1.98. The van der Waals surface area contributed by atoms with Gasteiger partial charge < -0.3 is 19.7 Å². The van der Waals surface area contributed by atoms with Crippen LogP contribution in [0.3, 0.4) is 0 Å². The van der Waals surface area contributed by atoms with Crippen LogP contribution >= 0.6 is 0 Å². The van der Waals surface area contributed by atoms with E-state index in [9.17, 15) is 15.0 Å². The summed E-state index contributed by atoms with van der Waals surface area (Å²) in [4.78, 5) is 11.7. The molecule has 0 radical (unpaired) electrons. The van der Waals surface area contributed by atoms with Gasteiger partial charge in [0.25, 0.3) is 0 Å². The molecule has 104 valence electrons. The zero-order valence-electron chi connectivity index (χ0n) is 10.9. The van der Waals surface area contributed by atoms with Gasteiger partial charge in [0, 0.05) is 13.5 Å². The molecule has 18 heavy (non-hydrogen) atoms. The number of methoxy groups -OCH3 is 1. The van der Waals surface area contributed by atoms with Gasteiger partial charge in [0.2, 0.25) is 0 Å². The smallest absolute Gasteiger partial charge is 0.309 e. The maximum atomic E-state index is 11.7. The lowest BCUT2D eigenvalue weighted by atomic mass is 10.0. The number of hydrogen-bond donors (Lipinski definition) is 2. The largest absolute Gasteiger partial charge is 0.462 e. The Kier molecular flexibility index (Phi) is 6.32. The highest BCUT2D eigenvalue weighted by Gasteiger charge is 2.25. The average Bonchev–Trinajstić information content (AvgIpc) is 2.33. The van der Waals surface area contributed by atoms with Gasteiger partial charge in [0.15, 0.2) is 0 Å². The topological polar surface area (TPSA) is 76.0 Å². The Morgan fingerprint density at radius 3 is 2.78 bits per heavy atom. The van der Waals surface area contributed by atoms with Crippen molar-refractivity contribution in [3.63, 3.8) is 0 Å². The molecule has 0 amide bonds. The van der Waals surface area contributed by atoms with Crippen molar-refractivity contribution in [1.82, 2.24) is 0 Å². The minimum Gasteiger partial charge on any atom is -0.462 e. The molecular weight excluding hydrogens is 236 g/mol. The Morgan fingerprint density at radius 1 is 1.44 bits per heavy atom. The highest BCUT2D eigenvalue weighted by Crippen LogP contribution is 2.16. The molecule has 5 heteroatoms. The molecule has 0 bridgehead atoms. The number of esters is 1. The Hall–Kier alpha value is -0.910. The first-order chi connectivity index (χ1) is 8.56. The monoisotopic (exact) mass is 258 g/mol. The van der Waals surface area contributed by atoms with E-state index in [0.29, 0.717) is 6.42 Å². The van der Waals surface area contributed by atoms with Crippen LogP contribution in [0.25, 0.3) is 0 Å². The molecule has 0 saturated carbocycles. The number of aliphatic hydroxyl groups is 2. The van der Waals surface area contributed by atoms with Gasteiger partial charge in [-0.2, -0.15) is 0 Å². The summed E-state index contributed by atoms with van der Waals surface area (Å²) >= 11 is 0. The van der Waals surface area contributed by atoms with Crippen LogP contribution in [0, 0.1) is 0 Å². The van der Waals surface area contributed by atoms with E-state index >= 15 is 0 Å². The highest BCUT2D eigenvalue weighted by molar-refractivity contribution is 5.70. The Bertz CT molecular complexity index is 289. The van der Waals surface area contributed by atoms with Gasteiger partial charge in [-0.15, -0.1) is 0 Å². The van der Waals surface area contributed by atoms with Gasteiger partial charge in [0.1, 0.15) is 6.10 Å². The van der Waals surface area contributed by atoms with Gasteiger partial charge in [0.05, 0.1) is 24.7 Å². The van der Waals surface area contributed by atoms with E-state index in [1.165, 1.54) is 13.2 Å². The average molecular weight is 258 g/mol. The van der Waals surface area contributed by atoms with Crippen molar-refractivity contribution in [1.29, 1.82) is 0 Å². The van der Waals surface area contributed by atoms with Crippen molar-refractivity contribution < 1.29 is 24.5 Å². The van der Waals surface area contributed by atoms with Crippen LogP contribution in [0.2, 0.25) is 0 Å². The third kappa shape index (κ3) is 4.76. The van der Waals surface area contributed by atoms with E-state index in [4.69, 9.17) is 9.47 Å². The summed E-state index contributed by atoms with van der Waals surface area (Å²) in [7, 11) is 1.49. The van der Waals surface area contributed by atoms with Crippen molar-refractivity contribution in [2.45, 2.75) is 57.0 Å². The van der Waals surface area contributed by atoms with Crippen molar-refractivity contribution in [2.75, 3.05) is 7.11 Å². The second kappa shape index (κ2) is 7.51. The molecule has 0 spiro atoms. The molecule has 1 heterocycles. The van der Waals surface area contributed by atoms with E-state index < -0.39 is 18.3 Å². The molecule has 0 fully saturated rings. The predicted molar refractivity (Wildman–Crippen MR) is 66.0 cm³/mol. The normalized spacial score (nSPS) is 34.1. The van der Waals surface area contributed by atoms with Crippen LogP contribution in [0.5, 0.6) is 0 Å². The SMILES string of the molecule is CCC[C@@H]1C[C@H](O)[C@@H](O)C=C[C@H](OC)CC(=O)O1. The third-order valence-electron chi connectivity index (χ3n) is 3.00. The molecule has 4 atom stereocenters. The summed E-state index contributed by atoms with van der Waals surface area (Å²) in [6, 6.07) is 0. The molecule has 0 aromatic carbocycles. The van der Waals surface area contributed by atoms with Gasteiger partial charge >= 0.3 is 5.97 Å². The summed E-state index contributed by atoms with van der Waals surface area (Å²) in [5.41, 5.74) is 0. The second-order valence-electron chi connectivity index (χ2n) is 4.56. The molecule has 0 aromatic heterocycles. The minimum absolute atomic E-state index is 0.121. The lowest BCUT2D eigenvalue weighted by molar-refractivity contribution is -0.153. The van der Waals surface area contributed by atoms with Crippen LogP contribution in [-0.2, 0) is 14.3 Å². The molecule has 0 saturated heterocycles. The number of hydrogen-bond acceptors (Lipinski definition) is 5. The lowest BCUT2D eigenvalue weighted by Crippen LogP contribution is -2.33. The van der Waals surface area contributed by atoms with Crippen molar-refractivity contribution >= 4 is 5.97 Å². The van der Waals surface area contributed by atoms with Gasteiger partial charge in [-0.25, -0.2) is 0 Å². The Morgan fingerprint density at radius 2 is 2.17 bits per heavy atom. The van der Waals surface area contributed by atoms with E-state index in [1.54, 1.807) is 6.08 Å². The highest BCUT2D eigenvalue weighted by atomic mass is 16.5. The fourth-order valence-electron chi connectivity index (χ4n) is 1.95. The van der Waals surface area contributed by atoms with Gasteiger partial charge in [-0.3, -0.25) is 4.79 Å². The van der Waals surface area contributed by atoms with Crippen LogP contribution in [-0.4, -0.2) is 47.7 Å². The summed E-state index contributed by atoms with van der Waals surface area (Å²) in [6.07, 6.45) is 2.28. The van der Waals surface area contributed by atoms with Crippen molar-refractivity contribution in [3.05, 3.63) is 12.2 Å². The Labute approximate surface area is 107 Å². The summed E-state index contributed by atoms with van der Waals surface area (Å²) in [5.74, 6) is -0.339. The van der Waals surface area contributed by atoms with Crippen LogP contribution in [0.4, 0.5) is 0 Å². The first-order valence-corrected chi connectivity index (χ1v) is 6.33. The number of ether oxygens (including phenoxy) is 2. The quantitative estimate of drug-likeness (QED) is 0.578. The maximum Gasteiger partial charge on any atom is 0.309 e. The first-order valence-electron chi connectivity index (χ1n) is 6.33. The number of cyclic esters (lactones) is 1. The van der Waals surface area contributed by atoms with Gasteiger partial charge in [-0.1, -0.05) is 25.5 Å². The first kappa shape index (κ1) is 15.1. The van der Waals surface area contributed by atoms with E-state index in [-0.39, 0.29) is 24.9 Å². The molecule has 1 rings (SSSR count). The standard InChI is InChI=1S/C13H22O5/c1-3-4-10-7-12(15)11(14)6-5-9(17-2)8-13(16)18-10/h5-6,9-12,14-15H,3-4,7-8H2,1-2H3/t9-,10+,11-,12-/m0/s1. The van der Waals surface area contributed by atoms with E-state index in [2.05, 4.69) is 0 Å². The molecule has 0 unspecified atom stereocenters. The summed E-state index contributed by atoms with van der Waals surface area (Å²) in [5, 5.41) is 19.5. The zero-order valence-corrected chi connectivity index (χ0v) is 10.9. The zero-order chi connectivity index (χ0) is 13.5. The second-order valence-corrected chi connectivity index (χ2v) is 4.56. The van der Waals surface area contributed by atoms with Crippen LogP contribution in [0.15, 0.2) is 12.2 Å². The number of carbonyl (C=O) groups excluding carboxylic acids is 1. The van der Waals surface area contributed by atoms with Crippen molar-refractivity contribution in [3.8, 4) is 0 Å². The number of carbonyl (C=O) groups is 1. The molecule has 5 nitrogen and oxygen atoms in total. The number of rotatable bonds is 3. The van der Waals surface area contributed by atoms with Crippen molar-refractivity contribution in [2.24, 2.45) is 0 Å². The molecule has 0 aromatic rings. The van der Waals surface area contributed by atoms with Crippen LogP contribution < -0.4 is 0 Å². The Balaban J connectivity index is 2.78. The predicted octanol–water partition coefficient (Wildman–Crippen LogP) is 0.785. The molecule has 1 aliphatic heterocycles. The molecular formula is C13H22O5. The minimum atomic E-state index is -0.959. The summed E-state index contributed by atoms with van der Waals surface area (Å²) < 4.78 is 10.4. The van der Waals surface area contributed by atoms with E-state index in [0.717, 1.165) is 6.42 Å². The van der Waals surface area contributed by atoms with E-state index in [1.807, 2.05) is 6.92 Å². The number of aliphatic hydroxyl groups excluding tert-OH is 2. The third-order valence-corrected chi connectivity index (χ3v) is 3.00. The lowest BCUT2D eigenvalue weighted by Gasteiger charge is -2.24. The van der Waals surface area contributed by atoms with Gasteiger partial charge in [-0.05, 0) is 6.42 Å². The fraction of sp³-hybridized carbons (Fsp3) is 0.769.